The number of carbonyl (C=O) groups excluding carboxylic acids is 1. The number of amides is 1. The van der Waals surface area contributed by atoms with Crippen LogP contribution < -0.4 is 5.56 Å². The second-order valence-corrected chi connectivity index (χ2v) is 7.12. The first-order valence-electron chi connectivity index (χ1n) is 8.72. The molecule has 5 nitrogen and oxygen atoms in total. The molecular formula is C19H23N3O2S. The van der Waals surface area contributed by atoms with Gasteiger partial charge < -0.3 is 4.90 Å². The van der Waals surface area contributed by atoms with E-state index in [0.29, 0.717) is 24.9 Å². The third kappa shape index (κ3) is 2.84. The van der Waals surface area contributed by atoms with Crippen molar-refractivity contribution in [3.63, 3.8) is 0 Å². The van der Waals surface area contributed by atoms with Crippen LogP contribution in [-0.4, -0.2) is 33.7 Å². The molecule has 0 saturated heterocycles. The van der Waals surface area contributed by atoms with E-state index in [9.17, 15) is 9.59 Å². The molecule has 0 bridgehead atoms. The van der Waals surface area contributed by atoms with E-state index in [2.05, 4.69) is 5.10 Å². The van der Waals surface area contributed by atoms with Crippen LogP contribution in [0.5, 0.6) is 0 Å². The molecule has 25 heavy (non-hydrogen) atoms. The van der Waals surface area contributed by atoms with Gasteiger partial charge in [-0.05, 0) is 33.3 Å². The molecule has 1 atom stereocenters. The Hall–Kier alpha value is -2.21. The standard InChI is InChI=1S/C19H23N3O2S/c1-5-14(18(23)21(6-2)7-3)22-19(24)16-13-10-8-9-11-15(13)25-17(16)12(4)20-22/h8-11,14H,5-7H2,1-4H3/t14-/m0/s1. The van der Waals surface area contributed by atoms with Gasteiger partial charge in [0, 0.05) is 23.2 Å². The van der Waals surface area contributed by atoms with Crippen LogP contribution in [0.15, 0.2) is 29.1 Å². The zero-order valence-corrected chi connectivity index (χ0v) is 15.9. The first-order valence-corrected chi connectivity index (χ1v) is 9.54. The molecule has 0 radical (unpaired) electrons. The van der Waals surface area contributed by atoms with E-state index < -0.39 is 6.04 Å². The number of hydrogen-bond donors (Lipinski definition) is 0. The Labute approximate surface area is 150 Å². The number of likely N-dealkylation sites (N-methyl/N-ethyl adjacent to an activating group) is 1. The maximum atomic E-state index is 13.2. The minimum Gasteiger partial charge on any atom is -0.341 e. The molecule has 1 aromatic carbocycles. The van der Waals surface area contributed by atoms with E-state index in [4.69, 9.17) is 0 Å². The average molecular weight is 357 g/mol. The summed E-state index contributed by atoms with van der Waals surface area (Å²) in [6.07, 6.45) is 0.537. The number of carbonyl (C=O) groups is 1. The van der Waals surface area contributed by atoms with Gasteiger partial charge >= 0.3 is 0 Å². The number of aryl methyl sites for hydroxylation is 1. The molecule has 6 heteroatoms. The predicted molar refractivity (Wildman–Crippen MR) is 103 cm³/mol. The SMILES string of the molecule is CC[C@@H](C(=O)N(CC)CC)n1nc(C)c2sc3ccccc3c2c1=O. The number of thiophene rings is 1. The highest BCUT2D eigenvalue weighted by atomic mass is 32.1. The Balaban J connectivity index is 2.25. The molecule has 132 valence electrons. The van der Waals surface area contributed by atoms with Gasteiger partial charge in [-0.15, -0.1) is 11.3 Å². The van der Waals surface area contributed by atoms with Crippen LogP contribution in [0.25, 0.3) is 20.2 Å². The maximum absolute atomic E-state index is 13.2. The molecule has 0 fully saturated rings. The number of fused-ring (bicyclic) bond motifs is 3. The van der Waals surface area contributed by atoms with E-state index >= 15 is 0 Å². The molecule has 3 aromatic rings. The number of hydrogen-bond acceptors (Lipinski definition) is 4. The predicted octanol–water partition coefficient (Wildman–Crippen LogP) is 3.74. The lowest BCUT2D eigenvalue weighted by atomic mass is 10.1. The zero-order valence-electron chi connectivity index (χ0n) is 15.1. The lowest BCUT2D eigenvalue weighted by molar-refractivity contribution is -0.134. The Bertz CT molecular complexity index is 985. The molecule has 0 aliphatic heterocycles. The second kappa shape index (κ2) is 6.96. The molecule has 3 rings (SSSR count). The van der Waals surface area contributed by atoms with Crippen molar-refractivity contribution in [3.05, 3.63) is 40.3 Å². The van der Waals surface area contributed by atoms with Gasteiger partial charge in [0.1, 0.15) is 6.04 Å². The summed E-state index contributed by atoms with van der Waals surface area (Å²) in [4.78, 5) is 27.8. The Kier molecular flexibility index (Phi) is 4.90. The average Bonchev–Trinajstić information content (AvgIpc) is 3.01. The summed E-state index contributed by atoms with van der Waals surface area (Å²) in [5, 5.41) is 6.13. The lowest BCUT2D eigenvalue weighted by Crippen LogP contribution is -2.41. The minimum atomic E-state index is -0.561. The number of aromatic nitrogens is 2. The third-order valence-electron chi connectivity index (χ3n) is 4.65. The largest absolute Gasteiger partial charge is 0.341 e. The fourth-order valence-corrected chi connectivity index (χ4v) is 4.42. The highest BCUT2D eigenvalue weighted by Crippen LogP contribution is 2.33. The molecule has 0 saturated carbocycles. The smallest absolute Gasteiger partial charge is 0.276 e. The monoisotopic (exact) mass is 357 g/mol. The highest BCUT2D eigenvalue weighted by molar-refractivity contribution is 7.26. The minimum absolute atomic E-state index is 0.0413. The molecule has 1 amide bonds. The van der Waals surface area contributed by atoms with Gasteiger partial charge in [0.25, 0.3) is 5.56 Å². The van der Waals surface area contributed by atoms with Crippen molar-refractivity contribution >= 4 is 37.4 Å². The van der Waals surface area contributed by atoms with Gasteiger partial charge in [-0.1, -0.05) is 25.1 Å². The van der Waals surface area contributed by atoms with Crippen molar-refractivity contribution in [2.45, 2.75) is 40.2 Å². The molecule has 0 aliphatic rings. The van der Waals surface area contributed by atoms with Crippen molar-refractivity contribution in [2.75, 3.05) is 13.1 Å². The Morgan fingerprint density at radius 1 is 1.24 bits per heavy atom. The van der Waals surface area contributed by atoms with Crippen LogP contribution in [0.4, 0.5) is 0 Å². The van der Waals surface area contributed by atoms with Crippen LogP contribution in [0.2, 0.25) is 0 Å². The zero-order chi connectivity index (χ0) is 18.1. The van der Waals surface area contributed by atoms with E-state index in [0.717, 1.165) is 20.5 Å². The number of benzene rings is 1. The van der Waals surface area contributed by atoms with Crippen LogP contribution in [0.1, 0.15) is 38.9 Å². The van der Waals surface area contributed by atoms with Crippen LogP contribution >= 0.6 is 11.3 Å². The molecule has 0 spiro atoms. The summed E-state index contributed by atoms with van der Waals surface area (Å²) >= 11 is 1.58. The Morgan fingerprint density at radius 3 is 2.56 bits per heavy atom. The van der Waals surface area contributed by atoms with Gasteiger partial charge in [0.2, 0.25) is 5.91 Å². The van der Waals surface area contributed by atoms with Crippen molar-refractivity contribution < 1.29 is 4.79 Å². The van der Waals surface area contributed by atoms with Crippen molar-refractivity contribution in [3.8, 4) is 0 Å². The van der Waals surface area contributed by atoms with Gasteiger partial charge in [0.05, 0.1) is 15.8 Å². The van der Waals surface area contributed by atoms with Crippen LogP contribution in [-0.2, 0) is 4.79 Å². The Morgan fingerprint density at radius 2 is 1.92 bits per heavy atom. The fourth-order valence-electron chi connectivity index (χ4n) is 3.29. The summed E-state index contributed by atoms with van der Waals surface area (Å²) < 4.78 is 3.38. The summed E-state index contributed by atoms with van der Waals surface area (Å²) in [6.45, 7) is 8.98. The summed E-state index contributed by atoms with van der Waals surface area (Å²) in [5.41, 5.74) is 0.618. The fraction of sp³-hybridized carbons (Fsp3) is 0.421. The van der Waals surface area contributed by atoms with Crippen molar-refractivity contribution in [2.24, 2.45) is 0 Å². The van der Waals surface area contributed by atoms with Crippen LogP contribution in [0, 0.1) is 6.92 Å². The van der Waals surface area contributed by atoms with E-state index in [-0.39, 0.29) is 11.5 Å². The third-order valence-corrected chi connectivity index (χ3v) is 5.93. The van der Waals surface area contributed by atoms with Crippen molar-refractivity contribution in [1.82, 2.24) is 14.7 Å². The molecular weight excluding hydrogens is 334 g/mol. The first-order chi connectivity index (χ1) is 12.0. The lowest BCUT2D eigenvalue weighted by Gasteiger charge is -2.25. The van der Waals surface area contributed by atoms with Gasteiger partial charge in [-0.3, -0.25) is 9.59 Å². The summed E-state index contributed by atoms with van der Waals surface area (Å²) in [5.74, 6) is -0.0413. The molecule has 0 N–H and O–H groups in total. The topological polar surface area (TPSA) is 55.2 Å². The second-order valence-electron chi connectivity index (χ2n) is 6.07. The van der Waals surface area contributed by atoms with Gasteiger partial charge in [-0.2, -0.15) is 5.10 Å². The molecule has 2 heterocycles. The first kappa shape index (κ1) is 17.6. The van der Waals surface area contributed by atoms with Crippen molar-refractivity contribution in [1.29, 1.82) is 0 Å². The van der Waals surface area contributed by atoms with E-state index in [1.165, 1.54) is 4.68 Å². The van der Waals surface area contributed by atoms with Crippen LogP contribution in [0.3, 0.4) is 0 Å². The van der Waals surface area contributed by atoms with Gasteiger partial charge in [0.15, 0.2) is 0 Å². The maximum Gasteiger partial charge on any atom is 0.276 e. The molecule has 0 unspecified atom stereocenters. The quantitative estimate of drug-likeness (QED) is 0.699. The van der Waals surface area contributed by atoms with E-state index in [1.54, 1.807) is 16.2 Å². The molecule has 0 aliphatic carbocycles. The highest BCUT2D eigenvalue weighted by Gasteiger charge is 2.26. The summed E-state index contributed by atoms with van der Waals surface area (Å²) in [6, 6.07) is 7.33. The normalized spacial score (nSPS) is 12.6. The number of nitrogens with zero attached hydrogens (tertiary/aromatic N) is 3. The number of rotatable bonds is 5. The van der Waals surface area contributed by atoms with Gasteiger partial charge in [-0.25, -0.2) is 4.68 Å². The van der Waals surface area contributed by atoms with E-state index in [1.807, 2.05) is 52.0 Å². The summed E-state index contributed by atoms with van der Waals surface area (Å²) in [7, 11) is 0. The molecule has 2 aromatic heterocycles.